The molecule has 1 aromatic rings. The molecule has 0 spiro atoms. The van der Waals surface area contributed by atoms with Crippen molar-refractivity contribution in [1.29, 1.82) is 0 Å². The number of ether oxygens (including phenoxy) is 1. The van der Waals surface area contributed by atoms with E-state index in [1.165, 1.54) is 70.1 Å². The lowest BCUT2D eigenvalue weighted by molar-refractivity contribution is -0.134. The summed E-state index contributed by atoms with van der Waals surface area (Å²) in [6.07, 6.45) is 12.6. The fraction of sp³-hybridized carbons (Fsp3) is 0.667. The average molecular weight is 557 g/mol. The van der Waals surface area contributed by atoms with E-state index in [9.17, 15) is 9.59 Å². The lowest BCUT2D eigenvalue weighted by Crippen LogP contribution is -2.46. The van der Waals surface area contributed by atoms with Gasteiger partial charge in [-0.15, -0.1) is 4.59 Å². The predicted octanol–water partition coefficient (Wildman–Crippen LogP) is 8.08. The van der Waals surface area contributed by atoms with Crippen molar-refractivity contribution in [2.45, 2.75) is 98.8 Å². The number of thioether (sulfide) groups is 1. The van der Waals surface area contributed by atoms with E-state index < -0.39 is 5.97 Å². The minimum atomic E-state index is -0.467. The van der Waals surface area contributed by atoms with E-state index in [2.05, 4.69) is 22.9 Å². The van der Waals surface area contributed by atoms with E-state index in [1.54, 1.807) is 14.0 Å². The molecule has 0 aliphatic carbocycles. The quantitative estimate of drug-likeness (QED) is 0.0581. The second-order valence-corrected chi connectivity index (χ2v) is 11.0. The zero-order valence-corrected chi connectivity index (χ0v) is 24.4. The van der Waals surface area contributed by atoms with Crippen molar-refractivity contribution in [3.63, 3.8) is 0 Å². The highest BCUT2D eigenvalue weighted by atomic mass is 79.9. The minimum Gasteiger partial charge on any atom is -0.461 e. The molecular formula is C27H44BrN2O3S+. The molecule has 5 nitrogen and oxygen atoms in total. The standard InChI is InChI=1S/C27H44BrN2O3S/c1-7-9-10-11-12-13-14-15-16-17-18-34-26(27(32)33-8-2)29-30(6,23(5)31)25-22(4)19-21(3)20-24(25)28/h19-20H,7-18H2,1-6H3/q+1. The van der Waals surface area contributed by atoms with Gasteiger partial charge in [0.05, 0.1) is 18.0 Å². The van der Waals surface area contributed by atoms with Crippen molar-refractivity contribution in [3.05, 3.63) is 27.7 Å². The highest BCUT2D eigenvalue weighted by Gasteiger charge is 2.38. The molecule has 0 radical (unpaired) electrons. The molecule has 0 saturated heterocycles. The molecule has 1 atom stereocenters. The zero-order valence-electron chi connectivity index (χ0n) is 22.0. The van der Waals surface area contributed by atoms with Gasteiger partial charge in [0, 0.05) is 5.56 Å². The van der Waals surface area contributed by atoms with Gasteiger partial charge in [0.2, 0.25) is 5.04 Å². The maximum Gasteiger partial charge on any atom is 0.369 e. The summed E-state index contributed by atoms with van der Waals surface area (Å²) in [5, 5.41) is 4.95. The van der Waals surface area contributed by atoms with Gasteiger partial charge in [-0.25, -0.2) is 9.59 Å². The molecule has 0 bridgehead atoms. The number of quaternary nitrogens is 1. The Bertz CT molecular complexity index is 805. The van der Waals surface area contributed by atoms with Gasteiger partial charge in [-0.2, -0.15) is 0 Å². The average Bonchev–Trinajstić information content (AvgIpc) is 2.75. The molecule has 34 heavy (non-hydrogen) atoms. The largest absolute Gasteiger partial charge is 0.461 e. The second kappa shape index (κ2) is 16.5. The van der Waals surface area contributed by atoms with Crippen LogP contribution < -0.4 is 4.59 Å². The summed E-state index contributed by atoms with van der Waals surface area (Å²) in [5.41, 5.74) is 2.77. The maximum atomic E-state index is 12.8. The van der Waals surface area contributed by atoms with Gasteiger partial charge in [-0.3, -0.25) is 0 Å². The summed E-state index contributed by atoms with van der Waals surface area (Å²) >= 11 is 5.00. The predicted molar refractivity (Wildman–Crippen MR) is 150 cm³/mol. The number of hydrogen-bond donors (Lipinski definition) is 0. The van der Waals surface area contributed by atoms with Crippen molar-refractivity contribution in [1.82, 2.24) is 4.59 Å². The number of esters is 1. The van der Waals surface area contributed by atoms with E-state index in [0.29, 0.717) is 0 Å². The number of aryl methyl sites for hydroxylation is 2. The molecule has 0 aromatic heterocycles. The second-order valence-electron chi connectivity index (χ2n) is 9.05. The third-order valence-corrected chi connectivity index (χ3v) is 7.54. The van der Waals surface area contributed by atoms with Crippen LogP contribution in [0.5, 0.6) is 0 Å². The number of amides is 1. The molecule has 1 unspecified atom stereocenters. The van der Waals surface area contributed by atoms with Gasteiger partial charge in [-0.1, -0.05) is 87.6 Å². The molecule has 0 saturated carbocycles. The van der Waals surface area contributed by atoms with E-state index in [0.717, 1.165) is 39.9 Å². The Morgan fingerprint density at radius 2 is 1.53 bits per heavy atom. The summed E-state index contributed by atoms with van der Waals surface area (Å²) in [4.78, 5) is 25.5. The lowest BCUT2D eigenvalue weighted by Gasteiger charge is -2.26. The minimum absolute atomic E-state index is 0.172. The number of nitrogens with zero attached hydrogens (tertiary/aromatic N) is 2. The molecule has 7 heteroatoms. The number of carbonyl (C=O) groups is 2. The topological polar surface area (TPSA) is 55.7 Å². The molecular weight excluding hydrogens is 512 g/mol. The number of hydrogen-bond acceptors (Lipinski definition) is 5. The third kappa shape index (κ3) is 10.2. The highest BCUT2D eigenvalue weighted by Crippen LogP contribution is 2.36. The Hall–Kier alpha value is -1.18. The first-order chi connectivity index (χ1) is 16.2. The number of halogens is 1. The van der Waals surface area contributed by atoms with Crippen molar-refractivity contribution < 1.29 is 14.3 Å². The van der Waals surface area contributed by atoms with Gasteiger partial charge in [0.15, 0.2) is 5.69 Å². The molecule has 0 N–H and O–H groups in total. The van der Waals surface area contributed by atoms with Crippen molar-refractivity contribution >= 4 is 50.3 Å². The van der Waals surface area contributed by atoms with Crippen LogP contribution in [0.1, 0.15) is 96.1 Å². The van der Waals surface area contributed by atoms with Crippen LogP contribution in [0.15, 0.2) is 21.7 Å². The summed E-state index contributed by atoms with van der Waals surface area (Å²) < 4.78 is 5.73. The smallest absolute Gasteiger partial charge is 0.369 e. The number of carbonyl (C=O) groups excluding carboxylic acids is 2. The Labute approximate surface area is 219 Å². The van der Waals surface area contributed by atoms with Crippen LogP contribution in [0.25, 0.3) is 0 Å². The molecule has 1 aromatic carbocycles. The third-order valence-electron chi connectivity index (χ3n) is 5.92. The Balaban J connectivity index is 2.83. The van der Waals surface area contributed by atoms with Crippen LogP contribution in [0.4, 0.5) is 5.69 Å². The Kier molecular flexibility index (Phi) is 15.0. The summed E-state index contributed by atoms with van der Waals surface area (Å²) in [6.45, 7) is 9.78. The SMILES string of the molecule is CCCCCCCCCCCCSC(=N[N+](C)(C(C)=O)c1c(C)cc(C)cc1Br)C(=O)OCC. The number of rotatable bonds is 14. The van der Waals surface area contributed by atoms with Crippen LogP contribution >= 0.6 is 27.7 Å². The molecule has 0 fully saturated rings. The molecule has 0 aliphatic heterocycles. The van der Waals surface area contributed by atoms with Crippen LogP contribution in [0.3, 0.4) is 0 Å². The van der Waals surface area contributed by atoms with E-state index in [4.69, 9.17) is 9.84 Å². The molecule has 0 aliphatic rings. The first-order valence-corrected chi connectivity index (χ1v) is 14.5. The van der Waals surface area contributed by atoms with Crippen LogP contribution in [-0.2, 0) is 14.3 Å². The summed E-state index contributed by atoms with van der Waals surface area (Å²) in [7, 11) is 1.73. The first kappa shape index (κ1) is 30.9. The maximum absolute atomic E-state index is 12.8. The lowest BCUT2D eigenvalue weighted by atomic mass is 10.1. The zero-order chi connectivity index (χ0) is 25.6. The van der Waals surface area contributed by atoms with Gasteiger partial charge in [0.1, 0.15) is 7.05 Å². The molecule has 1 rings (SSSR count). The normalized spacial score (nSPS) is 13.6. The fourth-order valence-electron chi connectivity index (χ4n) is 4.00. The Morgan fingerprint density at radius 3 is 2.03 bits per heavy atom. The van der Waals surface area contributed by atoms with Crippen molar-refractivity contribution in [2.75, 3.05) is 19.4 Å². The van der Waals surface area contributed by atoms with Crippen LogP contribution in [-0.4, -0.2) is 36.3 Å². The van der Waals surface area contributed by atoms with Gasteiger partial charge < -0.3 is 4.74 Å². The van der Waals surface area contributed by atoms with Crippen LogP contribution in [0.2, 0.25) is 0 Å². The number of unbranched alkanes of at least 4 members (excludes halogenated alkanes) is 9. The molecule has 1 amide bonds. The number of benzene rings is 1. The van der Waals surface area contributed by atoms with Gasteiger partial charge in [0.25, 0.3) is 0 Å². The van der Waals surface area contributed by atoms with Gasteiger partial charge >= 0.3 is 11.9 Å². The van der Waals surface area contributed by atoms with Gasteiger partial charge in [-0.05, 0) is 60.5 Å². The summed E-state index contributed by atoms with van der Waals surface area (Å²) in [5.74, 6) is 0.139. The van der Waals surface area contributed by atoms with Crippen LogP contribution in [0, 0.1) is 13.8 Å². The first-order valence-electron chi connectivity index (χ1n) is 12.7. The van der Waals surface area contributed by atoms with E-state index >= 15 is 0 Å². The van der Waals surface area contributed by atoms with Crippen molar-refractivity contribution in [2.24, 2.45) is 5.10 Å². The molecule has 192 valence electrons. The van der Waals surface area contributed by atoms with E-state index in [-0.39, 0.29) is 22.1 Å². The highest BCUT2D eigenvalue weighted by molar-refractivity contribution is 9.10. The van der Waals surface area contributed by atoms with E-state index in [1.807, 2.05) is 26.0 Å². The monoisotopic (exact) mass is 555 g/mol. The fourth-order valence-corrected chi connectivity index (χ4v) is 5.96. The molecule has 0 heterocycles. The Morgan fingerprint density at radius 1 is 0.971 bits per heavy atom. The van der Waals surface area contributed by atoms with Crippen molar-refractivity contribution in [3.8, 4) is 0 Å². The summed E-state index contributed by atoms with van der Waals surface area (Å²) in [6, 6.07) is 3.99.